The van der Waals surface area contributed by atoms with Crippen molar-refractivity contribution in [3.8, 4) is 12.3 Å². The van der Waals surface area contributed by atoms with Crippen LogP contribution in [-0.4, -0.2) is 43.0 Å². The second-order valence-corrected chi connectivity index (χ2v) is 5.43. The zero-order chi connectivity index (χ0) is 14.1. The van der Waals surface area contributed by atoms with Crippen molar-refractivity contribution < 1.29 is 4.79 Å². The van der Waals surface area contributed by atoms with Gasteiger partial charge in [0, 0.05) is 19.0 Å². The summed E-state index contributed by atoms with van der Waals surface area (Å²) in [7, 11) is 2.18. The number of carbonyl (C=O) groups excluding carboxylic acids is 1. The molecule has 0 saturated heterocycles. The molecule has 19 heavy (non-hydrogen) atoms. The Bertz CT molecular complexity index is 305. The van der Waals surface area contributed by atoms with Gasteiger partial charge in [0.05, 0.1) is 6.04 Å². The first-order valence-electron chi connectivity index (χ1n) is 7.32. The van der Waals surface area contributed by atoms with Crippen LogP contribution in [-0.2, 0) is 4.79 Å². The van der Waals surface area contributed by atoms with Gasteiger partial charge in [-0.1, -0.05) is 19.3 Å². The lowest BCUT2D eigenvalue weighted by Gasteiger charge is -2.31. The largest absolute Gasteiger partial charge is 0.355 e. The molecule has 1 atom stereocenters. The van der Waals surface area contributed by atoms with E-state index >= 15 is 0 Å². The number of rotatable bonds is 7. The summed E-state index contributed by atoms with van der Waals surface area (Å²) in [6, 6.07) is 0.161. The molecule has 0 heterocycles. The Morgan fingerprint density at radius 1 is 1.47 bits per heavy atom. The Hall–Kier alpha value is -1.05. The van der Waals surface area contributed by atoms with Crippen LogP contribution >= 0.6 is 0 Å². The SMILES string of the molecule is C#CCC(N)C(=O)NCCCN(C)C1CCCCC1. The zero-order valence-corrected chi connectivity index (χ0v) is 12.0. The van der Waals surface area contributed by atoms with Gasteiger partial charge >= 0.3 is 0 Å². The van der Waals surface area contributed by atoms with E-state index in [1.54, 1.807) is 0 Å². The maximum atomic E-state index is 11.5. The Labute approximate surface area is 117 Å². The third kappa shape index (κ3) is 6.09. The maximum absolute atomic E-state index is 11.5. The van der Waals surface area contributed by atoms with E-state index in [1.165, 1.54) is 32.1 Å². The first kappa shape index (κ1) is 16.0. The molecule has 1 fully saturated rings. The molecule has 0 aromatic heterocycles. The van der Waals surface area contributed by atoms with E-state index in [4.69, 9.17) is 12.2 Å². The molecule has 0 aromatic rings. The van der Waals surface area contributed by atoms with Crippen LogP contribution in [0.4, 0.5) is 0 Å². The minimum atomic E-state index is -0.568. The Kier molecular flexibility index (Phi) is 7.54. The van der Waals surface area contributed by atoms with Crippen LogP contribution in [0.1, 0.15) is 44.9 Å². The fourth-order valence-electron chi connectivity index (χ4n) is 2.60. The summed E-state index contributed by atoms with van der Waals surface area (Å²) in [4.78, 5) is 14.0. The quantitative estimate of drug-likeness (QED) is 0.535. The topological polar surface area (TPSA) is 58.4 Å². The van der Waals surface area contributed by atoms with Crippen LogP contribution < -0.4 is 11.1 Å². The Morgan fingerprint density at radius 3 is 2.79 bits per heavy atom. The van der Waals surface area contributed by atoms with Gasteiger partial charge in [-0.05, 0) is 32.9 Å². The molecule has 4 nitrogen and oxygen atoms in total. The zero-order valence-electron chi connectivity index (χ0n) is 12.0. The van der Waals surface area contributed by atoms with Gasteiger partial charge in [-0.2, -0.15) is 0 Å². The molecule has 1 rings (SSSR count). The molecule has 1 unspecified atom stereocenters. The van der Waals surface area contributed by atoms with Gasteiger partial charge in [0.1, 0.15) is 0 Å². The maximum Gasteiger partial charge on any atom is 0.237 e. The summed E-state index contributed by atoms with van der Waals surface area (Å²) in [6.07, 6.45) is 13.1. The van der Waals surface area contributed by atoms with Crippen LogP contribution in [0.15, 0.2) is 0 Å². The van der Waals surface area contributed by atoms with Crippen LogP contribution in [0.3, 0.4) is 0 Å². The molecule has 1 saturated carbocycles. The summed E-state index contributed by atoms with van der Waals surface area (Å²) in [5.41, 5.74) is 5.62. The molecule has 0 aliphatic heterocycles. The highest BCUT2D eigenvalue weighted by molar-refractivity contribution is 5.81. The van der Waals surface area contributed by atoms with E-state index in [0.29, 0.717) is 13.0 Å². The van der Waals surface area contributed by atoms with Gasteiger partial charge in [0.2, 0.25) is 5.91 Å². The number of nitrogens with zero attached hydrogens (tertiary/aromatic N) is 1. The average Bonchev–Trinajstić information content (AvgIpc) is 2.44. The fourth-order valence-corrected chi connectivity index (χ4v) is 2.60. The van der Waals surface area contributed by atoms with Crippen molar-refractivity contribution in [2.45, 2.75) is 57.0 Å². The molecular formula is C15H27N3O. The summed E-state index contributed by atoms with van der Waals surface area (Å²) in [5.74, 6) is 2.27. The van der Waals surface area contributed by atoms with Crippen molar-refractivity contribution in [3.05, 3.63) is 0 Å². The lowest BCUT2D eigenvalue weighted by atomic mass is 9.94. The molecule has 1 aliphatic carbocycles. The molecule has 0 aromatic carbocycles. The Morgan fingerprint density at radius 2 is 2.16 bits per heavy atom. The summed E-state index contributed by atoms with van der Waals surface area (Å²) < 4.78 is 0. The van der Waals surface area contributed by atoms with Crippen LogP contribution in [0.2, 0.25) is 0 Å². The summed E-state index contributed by atoms with van der Waals surface area (Å²) >= 11 is 0. The van der Waals surface area contributed by atoms with Crippen molar-refractivity contribution >= 4 is 5.91 Å². The highest BCUT2D eigenvalue weighted by Crippen LogP contribution is 2.21. The van der Waals surface area contributed by atoms with Crippen molar-refractivity contribution in [2.75, 3.05) is 20.1 Å². The molecule has 0 radical (unpaired) electrons. The van der Waals surface area contributed by atoms with Gasteiger partial charge < -0.3 is 16.0 Å². The van der Waals surface area contributed by atoms with Crippen LogP contribution in [0, 0.1) is 12.3 Å². The molecule has 0 spiro atoms. The minimum Gasteiger partial charge on any atom is -0.355 e. The second-order valence-electron chi connectivity index (χ2n) is 5.43. The number of amides is 1. The second kappa shape index (κ2) is 8.95. The van der Waals surface area contributed by atoms with Gasteiger partial charge in [0.25, 0.3) is 0 Å². The van der Waals surface area contributed by atoms with E-state index in [1.807, 2.05) is 0 Å². The van der Waals surface area contributed by atoms with Crippen molar-refractivity contribution in [1.29, 1.82) is 0 Å². The molecule has 1 aliphatic rings. The van der Waals surface area contributed by atoms with Crippen LogP contribution in [0.5, 0.6) is 0 Å². The van der Waals surface area contributed by atoms with Crippen molar-refractivity contribution in [2.24, 2.45) is 5.73 Å². The number of hydrogen-bond donors (Lipinski definition) is 2. The van der Waals surface area contributed by atoms with E-state index in [9.17, 15) is 4.79 Å². The third-order valence-corrected chi connectivity index (χ3v) is 3.86. The van der Waals surface area contributed by atoms with Gasteiger partial charge in [-0.25, -0.2) is 0 Å². The normalized spacial score (nSPS) is 18.0. The monoisotopic (exact) mass is 265 g/mol. The van der Waals surface area contributed by atoms with Gasteiger partial charge in [0.15, 0.2) is 0 Å². The average molecular weight is 265 g/mol. The summed E-state index contributed by atoms with van der Waals surface area (Å²) in [5, 5.41) is 2.84. The smallest absolute Gasteiger partial charge is 0.237 e. The number of nitrogens with two attached hydrogens (primary N) is 1. The number of carbonyl (C=O) groups is 1. The van der Waals surface area contributed by atoms with Gasteiger partial charge in [-0.15, -0.1) is 12.3 Å². The van der Waals surface area contributed by atoms with Crippen molar-refractivity contribution in [1.82, 2.24) is 10.2 Å². The van der Waals surface area contributed by atoms with Crippen molar-refractivity contribution in [3.63, 3.8) is 0 Å². The molecule has 3 N–H and O–H groups in total. The first-order valence-corrected chi connectivity index (χ1v) is 7.32. The lowest BCUT2D eigenvalue weighted by Crippen LogP contribution is -2.41. The van der Waals surface area contributed by atoms with E-state index < -0.39 is 6.04 Å². The molecule has 108 valence electrons. The third-order valence-electron chi connectivity index (χ3n) is 3.86. The number of hydrogen-bond acceptors (Lipinski definition) is 3. The van der Waals surface area contributed by atoms with Crippen LogP contribution in [0.25, 0.3) is 0 Å². The van der Waals surface area contributed by atoms with Gasteiger partial charge in [-0.3, -0.25) is 4.79 Å². The summed E-state index contributed by atoms with van der Waals surface area (Å²) in [6.45, 7) is 1.70. The molecule has 1 amide bonds. The standard InChI is InChI=1S/C15H27N3O/c1-3-8-14(16)15(19)17-11-7-12-18(2)13-9-5-4-6-10-13/h1,13-14H,4-12,16H2,2H3,(H,17,19). The van der Waals surface area contributed by atoms with E-state index in [0.717, 1.165) is 19.0 Å². The highest BCUT2D eigenvalue weighted by atomic mass is 16.2. The predicted molar refractivity (Wildman–Crippen MR) is 78.6 cm³/mol. The molecule has 0 bridgehead atoms. The Balaban J connectivity index is 2.09. The number of terminal acetylenes is 1. The number of nitrogens with one attached hydrogen (secondary N) is 1. The fraction of sp³-hybridized carbons (Fsp3) is 0.800. The first-order chi connectivity index (χ1) is 9.15. The minimum absolute atomic E-state index is 0.140. The lowest BCUT2D eigenvalue weighted by molar-refractivity contribution is -0.122. The highest BCUT2D eigenvalue weighted by Gasteiger charge is 2.17. The van der Waals surface area contributed by atoms with E-state index in [2.05, 4.69) is 23.2 Å². The molecular weight excluding hydrogens is 238 g/mol. The van der Waals surface area contributed by atoms with E-state index in [-0.39, 0.29) is 5.91 Å². The molecule has 4 heteroatoms. The predicted octanol–water partition coefficient (Wildman–Crippen LogP) is 1.11.